The molecule has 0 saturated carbocycles. The zero-order valence-corrected chi connectivity index (χ0v) is 16.4. The molecule has 0 saturated heterocycles. The lowest BCUT2D eigenvalue weighted by molar-refractivity contribution is 0.268. The van der Waals surface area contributed by atoms with Gasteiger partial charge in [0.25, 0.3) is 0 Å². The van der Waals surface area contributed by atoms with Gasteiger partial charge in [0.1, 0.15) is 12.4 Å². The predicted molar refractivity (Wildman–Crippen MR) is 109 cm³/mol. The van der Waals surface area contributed by atoms with Crippen molar-refractivity contribution in [3.8, 4) is 28.7 Å². The van der Waals surface area contributed by atoms with Gasteiger partial charge in [0.05, 0.1) is 27.4 Å². The van der Waals surface area contributed by atoms with E-state index in [1.807, 2.05) is 30.3 Å². The summed E-state index contributed by atoms with van der Waals surface area (Å²) in [6.45, 7) is -0.00182. The van der Waals surface area contributed by atoms with E-state index in [4.69, 9.17) is 18.9 Å². The molecule has 0 aliphatic heterocycles. The molecule has 0 unspecified atom stereocenters. The predicted octanol–water partition coefficient (Wildman–Crippen LogP) is 4.06. The molecule has 0 amide bonds. The fourth-order valence-corrected chi connectivity index (χ4v) is 2.82. The fraction of sp³-hybridized carbons (Fsp3) is 0.217. The molecule has 0 bridgehead atoms. The van der Waals surface area contributed by atoms with Crippen LogP contribution >= 0.6 is 0 Å². The molecule has 0 spiro atoms. The van der Waals surface area contributed by atoms with Gasteiger partial charge in [0.15, 0.2) is 23.0 Å². The van der Waals surface area contributed by atoms with Crippen LogP contribution in [0.25, 0.3) is 0 Å². The molecule has 0 aliphatic rings. The van der Waals surface area contributed by atoms with E-state index in [1.165, 1.54) is 14.2 Å². The Morgan fingerprint density at radius 3 is 2.03 bits per heavy atom. The van der Waals surface area contributed by atoms with Gasteiger partial charge in [-0.1, -0.05) is 36.4 Å². The SMILES string of the molecule is COc1cc(CO)c(Oc2cc(CO)ccc2OCc2ccccc2)cc1OC. The van der Waals surface area contributed by atoms with Gasteiger partial charge in [-0.3, -0.25) is 0 Å². The van der Waals surface area contributed by atoms with Gasteiger partial charge in [-0.05, 0) is 29.3 Å². The van der Waals surface area contributed by atoms with E-state index in [2.05, 4.69) is 0 Å². The summed E-state index contributed by atoms with van der Waals surface area (Å²) in [5.74, 6) is 2.32. The van der Waals surface area contributed by atoms with Gasteiger partial charge >= 0.3 is 0 Å². The molecular weight excluding hydrogens is 372 g/mol. The third-order valence-corrected chi connectivity index (χ3v) is 4.38. The fourth-order valence-electron chi connectivity index (χ4n) is 2.82. The summed E-state index contributed by atoms with van der Waals surface area (Å²) in [6, 6.07) is 18.3. The minimum Gasteiger partial charge on any atom is -0.493 e. The molecule has 0 fully saturated rings. The highest BCUT2D eigenvalue weighted by Gasteiger charge is 2.15. The summed E-state index contributed by atoms with van der Waals surface area (Å²) in [4.78, 5) is 0. The van der Waals surface area contributed by atoms with Crippen LogP contribution in [0.5, 0.6) is 28.7 Å². The van der Waals surface area contributed by atoms with Crippen LogP contribution in [0.2, 0.25) is 0 Å². The lowest BCUT2D eigenvalue weighted by Gasteiger charge is -2.17. The minimum absolute atomic E-state index is 0.131. The molecule has 0 radical (unpaired) electrons. The van der Waals surface area contributed by atoms with Crippen molar-refractivity contribution < 1.29 is 29.2 Å². The van der Waals surface area contributed by atoms with Gasteiger partial charge < -0.3 is 29.2 Å². The Morgan fingerprint density at radius 2 is 1.38 bits per heavy atom. The molecule has 0 aliphatic carbocycles. The van der Waals surface area contributed by atoms with Crippen LogP contribution < -0.4 is 18.9 Å². The Kier molecular flexibility index (Phi) is 6.94. The number of hydrogen-bond donors (Lipinski definition) is 2. The van der Waals surface area contributed by atoms with Crippen LogP contribution in [0.4, 0.5) is 0 Å². The topological polar surface area (TPSA) is 77.4 Å². The second kappa shape index (κ2) is 9.82. The Labute approximate surface area is 169 Å². The monoisotopic (exact) mass is 396 g/mol. The van der Waals surface area contributed by atoms with Crippen molar-refractivity contribution in [1.82, 2.24) is 0 Å². The molecule has 3 aromatic carbocycles. The molecule has 3 rings (SSSR count). The van der Waals surface area contributed by atoms with Crippen molar-refractivity contribution in [2.75, 3.05) is 14.2 Å². The molecule has 3 aromatic rings. The third kappa shape index (κ3) is 4.99. The summed E-state index contributed by atoms with van der Waals surface area (Å²) in [5, 5.41) is 19.3. The van der Waals surface area contributed by atoms with Crippen LogP contribution in [0.1, 0.15) is 16.7 Å². The van der Waals surface area contributed by atoms with Crippen molar-refractivity contribution in [2.24, 2.45) is 0 Å². The van der Waals surface area contributed by atoms with E-state index >= 15 is 0 Å². The second-order valence-corrected chi connectivity index (χ2v) is 6.29. The minimum atomic E-state index is -0.240. The summed E-state index contributed by atoms with van der Waals surface area (Å²) in [7, 11) is 3.06. The average molecular weight is 396 g/mol. The highest BCUT2D eigenvalue weighted by molar-refractivity contribution is 5.53. The first-order chi connectivity index (χ1) is 14.2. The van der Waals surface area contributed by atoms with E-state index in [-0.39, 0.29) is 13.2 Å². The lowest BCUT2D eigenvalue weighted by Crippen LogP contribution is -2.00. The van der Waals surface area contributed by atoms with E-state index < -0.39 is 0 Å². The van der Waals surface area contributed by atoms with Gasteiger partial charge in [0, 0.05) is 11.6 Å². The summed E-state index contributed by atoms with van der Waals surface area (Å²) < 4.78 is 22.6. The average Bonchev–Trinajstić information content (AvgIpc) is 2.78. The zero-order chi connectivity index (χ0) is 20.6. The van der Waals surface area contributed by atoms with Crippen molar-refractivity contribution >= 4 is 0 Å². The first kappa shape index (κ1) is 20.5. The Morgan fingerprint density at radius 1 is 0.655 bits per heavy atom. The molecule has 2 N–H and O–H groups in total. The molecule has 0 aromatic heterocycles. The van der Waals surface area contributed by atoms with Crippen molar-refractivity contribution in [1.29, 1.82) is 0 Å². The van der Waals surface area contributed by atoms with Crippen LogP contribution in [0, 0.1) is 0 Å². The maximum atomic E-state index is 9.75. The number of hydrogen-bond acceptors (Lipinski definition) is 6. The maximum absolute atomic E-state index is 9.75. The highest BCUT2D eigenvalue weighted by Crippen LogP contribution is 2.40. The molecule has 29 heavy (non-hydrogen) atoms. The molecule has 0 heterocycles. The van der Waals surface area contributed by atoms with Crippen LogP contribution in [-0.4, -0.2) is 24.4 Å². The molecule has 0 atom stereocenters. The highest BCUT2D eigenvalue weighted by atomic mass is 16.5. The number of rotatable bonds is 9. The maximum Gasteiger partial charge on any atom is 0.169 e. The van der Waals surface area contributed by atoms with Crippen LogP contribution in [0.3, 0.4) is 0 Å². The summed E-state index contributed by atoms with van der Waals surface area (Å²) in [6.07, 6.45) is 0. The Hall–Kier alpha value is -3.22. The first-order valence-electron chi connectivity index (χ1n) is 9.12. The van der Waals surface area contributed by atoms with Crippen molar-refractivity contribution in [2.45, 2.75) is 19.8 Å². The summed E-state index contributed by atoms with van der Waals surface area (Å²) in [5.41, 5.74) is 2.23. The van der Waals surface area contributed by atoms with Crippen molar-refractivity contribution in [3.63, 3.8) is 0 Å². The van der Waals surface area contributed by atoms with Crippen LogP contribution in [-0.2, 0) is 19.8 Å². The molecule has 6 heteroatoms. The number of methoxy groups -OCH3 is 2. The van der Waals surface area contributed by atoms with E-state index in [0.29, 0.717) is 46.5 Å². The third-order valence-electron chi connectivity index (χ3n) is 4.38. The molecular formula is C23H24O6. The zero-order valence-electron chi connectivity index (χ0n) is 16.4. The standard InChI is InChI=1S/C23H24O6/c1-26-21-11-18(14-25)20(12-22(21)27-2)29-23-10-17(13-24)8-9-19(23)28-15-16-6-4-3-5-7-16/h3-12,24-25H,13-15H2,1-2H3. The summed E-state index contributed by atoms with van der Waals surface area (Å²) >= 11 is 0. The Balaban J connectivity index is 1.93. The number of aliphatic hydroxyl groups is 2. The number of ether oxygens (including phenoxy) is 4. The van der Waals surface area contributed by atoms with Crippen molar-refractivity contribution in [3.05, 3.63) is 77.4 Å². The van der Waals surface area contributed by atoms with Gasteiger partial charge in [-0.15, -0.1) is 0 Å². The van der Waals surface area contributed by atoms with Gasteiger partial charge in [-0.2, -0.15) is 0 Å². The number of aliphatic hydroxyl groups excluding tert-OH is 2. The Bertz CT molecular complexity index is 940. The molecule has 6 nitrogen and oxygen atoms in total. The quantitative estimate of drug-likeness (QED) is 0.568. The largest absolute Gasteiger partial charge is 0.493 e. The van der Waals surface area contributed by atoms with E-state index in [1.54, 1.807) is 30.3 Å². The normalized spacial score (nSPS) is 10.5. The van der Waals surface area contributed by atoms with E-state index in [0.717, 1.165) is 5.56 Å². The number of benzene rings is 3. The lowest BCUT2D eigenvalue weighted by atomic mass is 10.1. The van der Waals surface area contributed by atoms with E-state index in [9.17, 15) is 10.2 Å². The first-order valence-corrected chi connectivity index (χ1v) is 9.12. The molecule has 152 valence electrons. The van der Waals surface area contributed by atoms with Gasteiger partial charge in [-0.25, -0.2) is 0 Å². The van der Waals surface area contributed by atoms with Gasteiger partial charge in [0.2, 0.25) is 0 Å². The van der Waals surface area contributed by atoms with Crippen LogP contribution in [0.15, 0.2) is 60.7 Å². The second-order valence-electron chi connectivity index (χ2n) is 6.29. The smallest absolute Gasteiger partial charge is 0.169 e.